The fraction of sp³-hybridized carbons (Fsp3) is 0.600. The van der Waals surface area contributed by atoms with Gasteiger partial charge in [-0.2, -0.15) is 0 Å². The predicted octanol–water partition coefficient (Wildman–Crippen LogP) is 38.9. The Hall–Kier alpha value is -4.50. The highest BCUT2D eigenvalue weighted by Gasteiger charge is 2.43. The minimum absolute atomic E-state index is 0.0273. The minimum atomic E-state index is -1.86. The normalized spacial score (nSPS) is 14.1. The van der Waals surface area contributed by atoms with E-state index in [0.29, 0.717) is 0 Å². The highest BCUT2D eigenvalue weighted by atomic mass is 28.4. The Balaban J connectivity index is 0.000000794. The maximum Gasteiger partial charge on any atom is 0.0450 e. The average Bonchev–Trinajstić information content (AvgIpc) is 0.720. The molecule has 128 heavy (non-hydrogen) atoms. The van der Waals surface area contributed by atoms with E-state index in [-0.39, 0.29) is 58.8 Å². The Morgan fingerprint density at radius 3 is 0.531 bits per heavy atom. The Labute approximate surface area is 816 Å². The number of hydrogen-bond acceptors (Lipinski definition) is 0. The maximum atomic E-state index is 9.64. The van der Waals surface area contributed by atoms with E-state index in [1.165, 1.54) is 78.7 Å². The van der Waals surface area contributed by atoms with E-state index >= 15 is 0 Å². The fourth-order valence-electron chi connectivity index (χ4n) is 20.9. The average molecular weight is 1880 g/mol. The van der Waals surface area contributed by atoms with Gasteiger partial charge in [-0.15, -0.1) is 0 Å². The van der Waals surface area contributed by atoms with Crippen LogP contribution in [0.15, 0.2) is 170 Å². The van der Waals surface area contributed by atoms with Gasteiger partial charge in [-0.3, -0.25) is 0 Å². The quantitative estimate of drug-likeness (QED) is 0.0846. The lowest BCUT2D eigenvalue weighted by atomic mass is 9.79. The van der Waals surface area contributed by atoms with Crippen molar-refractivity contribution in [1.82, 2.24) is 0 Å². The van der Waals surface area contributed by atoms with Crippen molar-refractivity contribution in [2.45, 2.75) is 468 Å². The Morgan fingerprint density at radius 2 is 0.344 bits per heavy atom. The van der Waals surface area contributed by atoms with E-state index < -0.39 is 83.7 Å². The second kappa shape index (κ2) is 47.3. The molecule has 0 nitrogen and oxygen atoms in total. The first-order valence-electron chi connectivity index (χ1n) is 52.0. The van der Waals surface area contributed by atoms with Gasteiger partial charge in [-0.25, -0.2) is 0 Å². The number of aryl methyl sites for hydroxylation is 8. The number of benzene rings is 8. The largest absolute Gasteiger partial charge is 0.0695 e. The van der Waals surface area contributed by atoms with E-state index in [4.69, 9.17) is 2.74 Å². The van der Waals surface area contributed by atoms with Crippen LogP contribution < -0.4 is 0 Å². The second-order valence-corrected chi connectivity index (χ2v) is 99.8. The SMILES string of the molecule is CC(C)(C)c1ccccc1CC([Si](C)(C)C)[Si](C)(C)C.Cc1cccc(C)c1C(C)(C)C.Cc1cccc(C)c1C(C)(C)C.Cc1cccc(C)c1C(C)(C)C.Cc1ccccc1C(C)(C)C.Cc1ccccc1C(C)(C)C.[2H]C([2H])(c1cccc(C([2H])([2H])C([Si](C)(C)C)[Si](C)(C)C)c1C(C)(C)C)C([Si](C)(C)C)[Si](C)(C)C.[2H]C([2H])(c1ccccc1C(C)(C)C)C([Si](C)(C)C)[Si](C)(C)C. The van der Waals surface area contributed by atoms with E-state index in [9.17, 15) is 5.48 Å². The van der Waals surface area contributed by atoms with Crippen LogP contribution in [-0.4, -0.2) is 64.6 Å². The van der Waals surface area contributed by atoms with Crippen molar-refractivity contribution in [3.05, 3.63) is 281 Å². The van der Waals surface area contributed by atoms with Crippen molar-refractivity contribution < 1.29 is 8.22 Å². The van der Waals surface area contributed by atoms with Crippen LogP contribution in [0.25, 0.3) is 0 Å². The smallest absolute Gasteiger partial charge is 0.0450 e. The van der Waals surface area contributed by atoms with Crippen molar-refractivity contribution in [2.24, 2.45) is 0 Å². The highest BCUT2D eigenvalue weighted by Crippen LogP contribution is 2.45. The molecule has 0 aliphatic carbocycles. The zero-order valence-corrected chi connectivity index (χ0v) is 103. The van der Waals surface area contributed by atoms with Crippen molar-refractivity contribution in [1.29, 1.82) is 0 Å². The zero-order chi connectivity index (χ0) is 106. The van der Waals surface area contributed by atoms with E-state index in [2.05, 4.69) is 512 Å². The molecule has 720 valence electrons. The van der Waals surface area contributed by atoms with Gasteiger partial charge in [0.05, 0.1) is 0 Å². The Morgan fingerprint density at radius 1 is 0.180 bits per heavy atom. The number of rotatable bonds is 16. The molecule has 0 radical (unpaired) electrons. The molecule has 0 bridgehead atoms. The monoisotopic (exact) mass is 1880 g/mol. The molecule has 8 aromatic carbocycles. The molecule has 0 spiro atoms. The van der Waals surface area contributed by atoms with Gasteiger partial charge in [0.25, 0.3) is 0 Å². The summed E-state index contributed by atoms with van der Waals surface area (Å²) in [4.78, 5) is 0. The summed E-state index contributed by atoms with van der Waals surface area (Å²) in [5.74, 6) is 0. The van der Waals surface area contributed by atoms with Crippen molar-refractivity contribution >= 4 is 64.6 Å². The third-order valence-electron chi connectivity index (χ3n) is 24.6. The van der Waals surface area contributed by atoms with Crippen LogP contribution in [0.2, 0.25) is 178 Å². The molecule has 0 aliphatic heterocycles. The van der Waals surface area contributed by atoms with Crippen LogP contribution in [0.4, 0.5) is 0 Å². The molecular formula is C120H208Si8. The van der Waals surface area contributed by atoms with Gasteiger partial charge in [0.2, 0.25) is 0 Å². The van der Waals surface area contributed by atoms with Crippen LogP contribution in [0.1, 0.15) is 286 Å². The van der Waals surface area contributed by atoms with Gasteiger partial charge < -0.3 is 0 Å². The summed E-state index contributed by atoms with van der Waals surface area (Å²) in [6.45, 7) is 128. The molecule has 8 aromatic rings. The molecular weight excluding hydrogens is 1670 g/mol. The second-order valence-electron chi connectivity index (χ2n) is 54.8. The van der Waals surface area contributed by atoms with Crippen LogP contribution in [0.5, 0.6) is 0 Å². The fourth-order valence-corrected chi connectivity index (χ4v) is 67.7. The molecule has 0 saturated heterocycles. The molecule has 8 heteroatoms. The first-order chi connectivity index (χ1) is 59.3. The summed E-state index contributed by atoms with van der Waals surface area (Å²) in [5, 5.41) is 1.19. The third kappa shape index (κ3) is 41.0. The summed E-state index contributed by atoms with van der Waals surface area (Å²) in [5.41, 5.74) is 27.4. The van der Waals surface area contributed by atoms with E-state index in [0.717, 1.165) is 33.0 Å². The molecule has 0 N–H and O–H groups in total. The van der Waals surface area contributed by atoms with Crippen molar-refractivity contribution in [2.75, 3.05) is 0 Å². The van der Waals surface area contributed by atoms with Crippen molar-refractivity contribution in [3.63, 3.8) is 0 Å². The lowest BCUT2D eigenvalue weighted by Gasteiger charge is -2.41. The molecule has 0 aliphatic rings. The van der Waals surface area contributed by atoms with E-state index in [1.54, 1.807) is 11.1 Å². The minimum Gasteiger partial charge on any atom is -0.0695 e. The summed E-state index contributed by atoms with van der Waals surface area (Å²) < 4.78 is 56.8. The topological polar surface area (TPSA) is 0 Å². The standard InChI is InChI=1S/C26H54Si4.2C18H34Si2.3C12H18.2C11H16/c1-26(2,3)25-21(19-23(27(4,5)6)28(7,8)9)17-16-18-22(25)20-24(29(10,11)12)30(13,14)15;2*1-18(2,3)16-13-11-10-12-15(16)14-17(19(4,5)6)20(7,8)9;3*1-9-7-6-8-10(2)11(9)12(3,4)5;2*1-9-7-5-6-8-10(9)11(2,3)4/h16-18,23-24H,19-20H2,1-15H3;2*10-13,17H,14H2,1-9H3;3*6-8H,1-5H3;2*5-8H,1-4H3/i19D2,20D2;14D2;;;;;;. The summed E-state index contributed by atoms with van der Waals surface area (Å²) in [6, 6.07) is 59.8. The summed E-state index contributed by atoms with van der Waals surface area (Å²) in [6.07, 6.45) is -2.94. The molecule has 8 rings (SSSR count). The van der Waals surface area contributed by atoms with Gasteiger partial charge in [0, 0.05) is 72.8 Å². The van der Waals surface area contributed by atoms with Crippen LogP contribution in [-0.2, 0) is 68.9 Å². The zero-order valence-electron chi connectivity index (χ0n) is 101. The molecule has 0 fully saturated rings. The van der Waals surface area contributed by atoms with Crippen LogP contribution in [0, 0.1) is 55.4 Å². The molecule has 0 atom stereocenters. The van der Waals surface area contributed by atoms with Gasteiger partial charge in [0.15, 0.2) is 0 Å². The maximum absolute atomic E-state index is 9.64. The molecule has 0 unspecified atom stereocenters. The van der Waals surface area contributed by atoms with Crippen molar-refractivity contribution in [3.8, 4) is 0 Å². The number of hydrogen-bond donors (Lipinski definition) is 0. The Bertz CT molecular complexity index is 4590. The highest BCUT2D eigenvalue weighted by molar-refractivity contribution is 6.98. The summed E-state index contributed by atoms with van der Waals surface area (Å²) >= 11 is 0. The molecule has 0 aromatic heterocycles. The molecule has 0 saturated carbocycles. The Kier molecular flexibility index (Phi) is 40.8. The third-order valence-corrected chi connectivity index (χ3v) is 61.2. The van der Waals surface area contributed by atoms with Crippen LogP contribution in [0.3, 0.4) is 0 Å². The molecule has 0 amide bonds. The van der Waals surface area contributed by atoms with Gasteiger partial charge in [-0.1, -0.05) is 493 Å². The van der Waals surface area contributed by atoms with Crippen LogP contribution >= 0.6 is 0 Å². The van der Waals surface area contributed by atoms with Gasteiger partial charge >= 0.3 is 0 Å². The lowest BCUT2D eigenvalue weighted by molar-refractivity contribution is 0.574. The first kappa shape index (κ1) is 111. The van der Waals surface area contributed by atoms with Gasteiger partial charge in [0.1, 0.15) is 0 Å². The molecule has 0 heterocycles. The predicted molar refractivity (Wildman–Crippen MR) is 616 cm³/mol. The lowest BCUT2D eigenvalue weighted by Crippen LogP contribution is -2.46. The summed E-state index contributed by atoms with van der Waals surface area (Å²) in [7, 11) is -13.0. The first-order valence-corrected chi connectivity index (χ1v) is 77.6. The van der Waals surface area contributed by atoms with E-state index in [1.807, 2.05) is 36.4 Å². The van der Waals surface area contributed by atoms with Gasteiger partial charge in [-0.05, 0) is 256 Å².